The highest BCUT2D eigenvalue weighted by molar-refractivity contribution is 7.80. The third kappa shape index (κ3) is 6.75. The summed E-state index contributed by atoms with van der Waals surface area (Å²) in [6.07, 6.45) is 2.99. The predicted molar refractivity (Wildman–Crippen MR) is 79.6 cm³/mol. The van der Waals surface area contributed by atoms with Gasteiger partial charge in [0, 0.05) is 11.8 Å². The predicted octanol–water partition coefficient (Wildman–Crippen LogP) is 2.79. The van der Waals surface area contributed by atoms with Crippen molar-refractivity contribution in [2.24, 2.45) is 5.73 Å². The summed E-state index contributed by atoms with van der Waals surface area (Å²) in [5.74, 6) is 1.48. The minimum Gasteiger partial charge on any atom is -0.494 e. The molecule has 2 N–H and O–H groups in total. The molecule has 1 aromatic rings. The number of benzene rings is 1. The summed E-state index contributed by atoms with van der Waals surface area (Å²) in [5, 5.41) is 8.73. The molecule has 0 unspecified atom stereocenters. The first-order valence-corrected chi connectivity index (χ1v) is 6.39. The lowest BCUT2D eigenvalue weighted by Gasteiger charge is -2.08. The zero-order valence-corrected chi connectivity index (χ0v) is 11.9. The van der Waals surface area contributed by atoms with Crippen molar-refractivity contribution < 1.29 is 4.74 Å². The van der Waals surface area contributed by atoms with Gasteiger partial charge >= 0.3 is 0 Å². The van der Waals surface area contributed by atoms with Crippen LogP contribution in [0.4, 0.5) is 0 Å². The van der Waals surface area contributed by atoms with E-state index < -0.39 is 0 Å². The van der Waals surface area contributed by atoms with Crippen molar-refractivity contribution in [2.75, 3.05) is 12.4 Å². The van der Waals surface area contributed by atoms with E-state index in [-0.39, 0.29) is 18.4 Å². The summed E-state index contributed by atoms with van der Waals surface area (Å²) in [4.78, 5) is 0. The average Bonchev–Trinajstić information content (AvgIpc) is 2.38. The normalized spacial score (nSPS) is 11.2. The lowest BCUT2D eigenvalue weighted by molar-refractivity contribution is 0.304. The first-order valence-electron chi connectivity index (χ1n) is 5.75. The number of thiol groups is 1. The molecule has 0 spiro atoms. The number of nitriles is 1. The summed E-state index contributed by atoms with van der Waals surface area (Å²) >= 11 is 4.13. The van der Waals surface area contributed by atoms with E-state index in [0.717, 1.165) is 30.8 Å². The van der Waals surface area contributed by atoms with Gasteiger partial charge in [0.2, 0.25) is 0 Å². The monoisotopic (exact) mass is 286 g/mol. The molecule has 0 aliphatic rings. The molecule has 1 aromatic carbocycles. The number of nitrogens with zero attached hydrogens (tertiary/aromatic N) is 1. The Morgan fingerprint density at radius 2 is 2.17 bits per heavy atom. The van der Waals surface area contributed by atoms with E-state index in [0.29, 0.717) is 12.2 Å². The summed E-state index contributed by atoms with van der Waals surface area (Å²) in [6, 6.07) is 9.46. The molecule has 1 atom stereocenters. The Morgan fingerprint density at radius 3 is 2.83 bits per heavy atom. The van der Waals surface area contributed by atoms with E-state index >= 15 is 0 Å². The van der Waals surface area contributed by atoms with E-state index in [1.165, 1.54) is 0 Å². The van der Waals surface area contributed by atoms with Crippen LogP contribution in [0.25, 0.3) is 0 Å². The van der Waals surface area contributed by atoms with Gasteiger partial charge in [-0.1, -0.05) is 6.07 Å². The van der Waals surface area contributed by atoms with Crippen LogP contribution in [0.15, 0.2) is 24.3 Å². The highest BCUT2D eigenvalue weighted by atomic mass is 35.5. The van der Waals surface area contributed by atoms with Crippen molar-refractivity contribution in [3.8, 4) is 11.8 Å². The third-order valence-electron chi connectivity index (χ3n) is 2.44. The first-order chi connectivity index (χ1) is 8.26. The van der Waals surface area contributed by atoms with Crippen molar-refractivity contribution in [2.45, 2.75) is 25.3 Å². The second-order valence-electron chi connectivity index (χ2n) is 3.93. The largest absolute Gasteiger partial charge is 0.494 e. The van der Waals surface area contributed by atoms with Crippen molar-refractivity contribution in [3.63, 3.8) is 0 Å². The molecule has 0 bridgehead atoms. The molecular weight excluding hydrogens is 268 g/mol. The molecule has 3 nitrogen and oxygen atoms in total. The molecule has 18 heavy (non-hydrogen) atoms. The van der Waals surface area contributed by atoms with Gasteiger partial charge in [-0.05, 0) is 37.5 Å². The summed E-state index contributed by atoms with van der Waals surface area (Å²) in [5.41, 5.74) is 6.38. The lowest BCUT2D eigenvalue weighted by Crippen LogP contribution is -2.21. The Balaban J connectivity index is 0.00000289. The molecule has 0 saturated heterocycles. The molecular formula is C13H19ClN2OS. The third-order valence-corrected chi connectivity index (χ3v) is 2.90. The van der Waals surface area contributed by atoms with Gasteiger partial charge in [0.15, 0.2) is 0 Å². The van der Waals surface area contributed by atoms with Gasteiger partial charge < -0.3 is 10.5 Å². The topological polar surface area (TPSA) is 59.0 Å². The van der Waals surface area contributed by atoms with Crippen LogP contribution >= 0.6 is 25.0 Å². The van der Waals surface area contributed by atoms with Crippen LogP contribution in [0.2, 0.25) is 0 Å². The molecule has 0 saturated carbocycles. The standard InChI is InChI=1S/C13H18N2OS.ClH/c14-9-11-4-3-6-13(8-11)16-7-2-1-5-12(15)10-17;/h3-4,6,8,12,17H,1-2,5,7,10,15H2;1H/t12-;/m1./s1. The highest BCUT2D eigenvalue weighted by Crippen LogP contribution is 2.13. The molecule has 0 aliphatic carbocycles. The smallest absolute Gasteiger partial charge is 0.120 e. The maximum Gasteiger partial charge on any atom is 0.120 e. The Labute approximate surface area is 120 Å². The summed E-state index contributed by atoms with van der Waals surface area (Å²) in [7, 11) is 0. The highest BCUT2D eigenvalue weighted by Gasteiger charge is 2.00. The first kappa shape index (κ1) is 17.1. The van der Waals surface area contributed by atoms with Crippen molar-refractivity contribution in [1.82, 2.24) is 0 Å². The molecule has 0 radical (unpaired) electrons. The second kappa shape index (κ2) is 10.1. The SMILES string of the molecule is Cl.N#Cc1cccc(OCCCC[C@@H](N)CS)c1. The molecule has 5 heteroatoms. The molecule has 1 rings (SSSR count). The van der Waals surface area contributed by atoms with E-state index in [1.54, 1.807) is 12.1 Å². The number of nitrogens with two attached hydrogens (primary N) is 1. The Hall–Kier alpha value is -0.890. The number of hydrogen-bond donors (Lipinski definition) is 2. The van der Waals surface area contributed by atoms with Gasteiger partial charge in [-0.2, -0.15) is 17.9 Å². The van der Waals surface area contributed by atoms with Gasteiger partial charge in [-0.15, -0.1) is 12.4 Å². The van der Waals surface area contributed by atoms with E-state index in [1.807, 2.05) is 12.1 Å². The molecule has 0 amide bonds. The van der Waals surface area contributed by atoms with Gasteiger partial charge in [0.25, 0.3) is 0 Å². The fraction of sp³-hybridized carbons (Fsp3) is 0.462. The van der Waals surface area contributed by atoms with Crippen molar-refractivity contribution in [3.05, 3.63) is 29.8 Å². The van der Waals surface area contributed by atoms with Crippen LogP contribution in [-0.2, 0) is 0 Å². The van der Waals surface area contributed by atoms with Crippen LogP contribution in [-0.4, -0.2) is 18.4 Å². The van der Waals surface area contributed by atoms with E-state index in [2.05, 4.69) is 18.7 Å². The summed E-state index contributed by atoms with van der Waals surface area (Å²) in [6.45, 7) is 0.661. The number of rotatable bonds is 7. The van der Waals surface area contributed by atoms with Crippen molar-refractivity contribution >= 4 is 25.0 Å². The Morgan fingerprint density at radius 1 is 1.39 bits per heavy atom. The fourth-order valence-electron chi connectivity index (χ4n) is 1.45. The van der Waals surface area contributed by atoms with Gasteiger partial charge in [-0.25, -0.2) is 0 Å². The van der Waals surface area contributed by atoms with Crippen LogP contribution in [0.1, 0.15) is 24.8 Å². The second-order valence-corrected chi connectivity index (χ2v) is 4.29. The Bertz CT molecular complexity index is 381. The Kier molecular flexibility index (Phi) is 9.57. The molecule has 0 aliphatic heterocycles. The lowest BCUT2D eigenvalue weighted by atomic mass is 10.1. The molecule has 100 valence electrons. The van der Waals surface area contributed by atoms with Crippen LogP contribution in [0.3, 0.4) is 0 Å². The molecule has 0 aromatic heterocycles. The number of halogens is 1. The van der Waals surface area contributed by atoms with E-state index in [4.69, 9.17) is 15.7 Å². The van der Waals surface area contributed by atoms with Gasteiger partial charge in [0.1, 0.15) is 5.75 Å². The quantitative estimate of drug-likeness (QED) is 0.598. The number of unbranched alkanes of at least 4 members (excludes halogenated alkanes) is 1. The zero-order chi connectivity index (χ0) is 12.5. The molecule has 0 fully saturated rings. The summed E-state index contributed by atoms with van der Waals surface area (Å²) < 4.78 is 5.55. The number of hydrogen-bond acceptors (Lipinski definition) is 4. The van der Waals surface area contributed by atoms with Crippen LogP contribution < -0.4 is 10.5 Å². The van der Waals surface area contributed by atoms with Crippen molar-refractivity contribution in [1.29, 1.82) is 5.26 Å². The maximum atomic E-state index is 8.73. The maximum absolute atomic E-state index is 8.73. The van der Waals surface area contributed by atoms with Crippen LogP contribution in [0.5, 0.6) is 5.75 Å². The zero-order valence-electron chi connectivity index (χ0n) is 10.2. The van der Waals surface area contributed by atoms with Gasteiger partial charge in [0.05, 0.1) is 18.2 Å². The fourth-order valence-corrected chi connectivity index (χ4v) is 1.63. The number of ether oxygens (including phenoxy) is 1. The minimum atomic E-state index is 0. The van der Waals surface area contributed by atoms with Crippen LogP contribution in [0, 0.1) is 11.3 Å². The minimum absolute atomic E-state index is 0. The molecule has 0 heterocycles. The van der Waals surface area contributed by atoms with E-state index in [9.17, 15) is 0 Å². The average molecular weight is 287 g/mol. The van der Waals surface area contributed by atoms with Gasteiger partial charge in [-0.3, -0.25) is 0 Å².